The molecule has 1 amide bonds. The van der Waals surface area contributed by atoms with Gasteiger partial charge in [0.25, 0.3) is 0 Å². The van der Waals surface area contributed by atoms with Crippen LogP contribution >= 0.6 is 0 Å². The number of nitrogens with zero attached hydrogens (tertiary/aromatic N) is 1. The molecular weight excluding hydrogens is 248 g/mol. The Balaban J connectivity index is 1.45. The van der Waals surface area contributed by atoms with Crippen LogP contribution in [0.15, 0.2) is 24.3 Å². The second kappa shape index (κ2) is 4.80. The Kier molecular flexibility index (Phi) is 2.94. The number of carbonyl (C=O) groups is 1. The molecule has 3 heteroatoms. The molecule has 1 aliphatic carbocycles. The average Bonchev–Trinajstić information content (AvgIpc) is 3.07. The molecule has 0 spiro atoms. The van der Waals surface area contributed by atoms with Crippen LogP contribution < -0.4 is 5.32 Å². The van der Waals surface area contributed by atoms with Crippen LogP contribution in [0, 0.1) is 17.8 Å². The van der Waals surface area contributed by atoms with Gasteiger partial charge in [0.1, 0.15) is 0 Å². The number of likely N-dealkylation sites (tertiary alicyclic amines) is 1. The normalized spacial score (nSPS) is 31.6. The van der Waals surface area contributed by atoms with Crippen LogP contribution in [0.1, 0.15) is 24.8 Å². The number of carbonyl (C=O) groups excluding carboxylic acids is 1. The molecule has 3 aliphatic rings. The molecule has 3 atom stereocenters. The Morgan fingerprint density at radius 2 is 1.90 bits per heavy atom. The van der Waals surface area contributed by atoms with Crippen LogP contribution in [-0.4, -0.2) is 30.4 Å². The van der Waals surface area contributed by atoms with Crippen molar-refractivity contribution in [2.24, 2.45) is 17.8 Å². The summed E-state index contributed by atoms with van der Waals surface area (Å²) < 4.78 is 0. The van der Waals surface area contributed by atoms with Crippen molar-refractivity contribution in [2.45, 2.75) is 25.7 Å². The fourth-order valence-corrected chi connectivity index (χ4v) is 4.29. The van der Waals surface area contributed by atoms with E-state index in [-0.39, 0.29) is 5.92 Å². The van der Waals surface area contributed by atoms with Crippen LogP contribution in [0.25, 0.3) is 0 Å². The minimum absolute atomic E-state index is 0.128. The molecular formula is C17H22N2O. The average molecular weight is 270 g/mol. The van der Waals surface area contributed by atoms with Crippen LogP contribution in [0.2, 0.25) is 0 Å². The van der Waals surface area contributed by atoms with E-state index in [1.807, 2.05) is 0 Å². The van der Waals surface area contributed by atoms with Gasteiger partial charge >= 0.3 is 0 Å². The van der Waals surface area contributed by atoms with Gasteiger partial charge in [-0.15, -0.1) is 0 Å². The lowest BCUT2D eigenvalue weighted by atomic mass is 9.93. The molecule has 4 rings (SSSR count). The van der Waals surface area contributed by atoms with Gasteiger partial charge in [0, 0.05) is 25.3 Å². The molecule has 1 saturated carbocycles. The monoisotopic (exact) mass is 270 g/mol. The summed E-state index contributed by atoms with van der Waals surface area (Å²) in [5, 5.41) is 3.42. The quantitative estimate of drug-likeness (QED) is 0.850. The van der Waals surface area contributed by atoms with Crippen LogP contribution in [0.4, 0.5) is 5.69 Å². The van der Waals surface area contributed by atoms with Gasteiger partial charge in [-0.2, -0.15) is 0 Å². The zero-order valence-corrected chi connectivity index (χ0v) is 11.8. The predicted octanol–water partition coefficient (Wildman–Crippen LogP) is 2.53. The molecule has 2 heterocycles. The van der Waals surface area contributed by atoms with Crippen molar-refractivity contribution < 1.29 is 4.79 Å². The molecule has 1 aromatic carbocycles. The third-order valence-corrected chi connectivity index (χ3v) is 5.41. The van der Waals surface area contributed by atoms with E-state index in [2.05, 4.69) is 34.5 Å². The number of hydrogen-bond acceptors (Lipinski definition) is 2. The lowest BCUT2D eigenvalue weighted by Crippen LogP contribution is -2.40. The maximum absolute atomic E-state index is 12.7. The Labute approximate surface area is 120 Å². The zero-order chi connectivity index (χ0) is 13.5. The lowest BCUT2D eigenvalue weighted by Gasteiger charge is -2.29. The molecule has 2 aliphatic heterocycles. The number of hydrogen-bond donors (Lipinski definition) is 1. The van der Waals surface area contributed by atoms with Crippen LogP contribution in [-0.2, 0) is 11.2 Å². The Morgan fingerprint density at radius 1 is 1.15 bits per heavy atom. The first-order valence-electron chi connectivity index (χ1n) is 7.92. The number of amides is 1. The van der Waals surface area contributed by atoms with E-state index in [0.29, 0.717) is 5.91 Å². The van der Waals surface area contributed by atoms with E-state index < -0.39 is 0 Å². The topological polar surface area (TPSA) is 32.3 Å². The van der Waals surface area contributed by atoms with E-state index in [1.165, 1.54) is 30.5 Å². The number of rotatable bonds is 1. The fraction of sp³-hybridized carbons (Fsp3) is 0.588. The maximum Gasteiger partial charge on any atom is 0.227 e. The van der Waals surface area contributed by atoms with Crippen molar-refractivity contribution in [3.05, 3.63) is 29.8 Å². The second-order valence-corrected chi connectivity index (χ2v) is 6.63. The van der Waals surface area contributed by atoms with Gasteiger partial charge in [0.15, 0.2) is 0 Å². The number of para-hydroxylation sites is 1. The summed E-state index contributed by atoms with van der Waals surface area (Å²) in [4.78, 5) is 14.9. The molecule has 20 heavy (non-hydrogen) atoms. The van der Waals surface area contributed by atoms with Crippen molar-refractivity contribution in [2.75, 3.05) is 25.0 Å². The minimum atomic E-state index is 0.128. The first-order valence-corrected chi connectivity index (χ1v) is 7.92. The lowest BCUT2D eigenvalue weighted by molar-refractivity contribution is -0.134. The van der Waals surface area contributed by atoms with Gasteiger partial charge in [0.05, 0.1) is 5.92 Å². The highest BCUT2D eigenvalue weighted by atomic mass is 16.2. The van der Waals surface area contributed by atoms with Gasteiger partial charge < -0.3 is 10.2 Å². The zero-order valence-electron chi connectivity index (χ0n) is 11.8. The van der Waals surface area contributed by atoms with Gasteiger partial charge in [0.2, 0.25) is 5.91 Å². The van der Waals surface area contributed by atoms with Crippen LogP contribution in [0.5, 0.6) is 0 Å². The standard InChI is InChI=1S/C17H22N2O/c20-17(19-10-13-5-3-6-14(13)11-19)15-8-12-4-1-2-7-16(12)18-9-15/h1-2,4,7,13-15,18H,3,5-6,8-11H2. The van der Waals surface area contributed by atoms with Crippen molar-refractivity contribution in [1.29, 1.82) is 0 Å². The van der Waals surface area contributed by atoms with E-state index >= 15 is 0 Å². The van der Waals surface area contributed by atoms with E-state index in [0.717, 1.165) is 37.9 Å². The molecule has 1 aromatic rings. The summed E-state index contributed by atoms with van der Waals surface area (Å²) in [6.07, 6.45) is 4.93. The number of benzene rings is 1. The first kappa shape index (κ1) is 12.2. The van der Waals surface area contributed by atoms with Gasteiger partial charge in [-0.1, -0.05) is 24.6 Å². The third-order valence-electron chi connectivity index (χ3n) is 5.41. The second-order valence-electron chi connectivity index (χ2n) is 6.63. The first-order chi connectivity index (χ1) is 9.81. The van der Waals surface area contributed by atoms with Crippen molar-refractivity contribution in [3.63, 3.8) is 0 Å². The smallest absolute Gasteiger partial charge is 0.227 e. The highest BCUT2D eigenvalue weighted by Gasteiger charge is 2.40. The number of fused-ring (bicyclic) bond motifs is 2. The molecule has 0 bridgehead atoms. The Bertz CT molecular complexity index is 515. The number of nitrogens with one attached hydrogen (secondary N) is 1. The third kappa shape index (κ3) is 2.00. The van der Waals surface area contributed by atoms with Crippen molar-refractivity contribution >= 4 is 11.6 Å². The summed E-state index contributed by atoms with van der Waals surface area (Å²) >= 11 is 0. The minimum Gasteiger partial charge on any atom is -0.384 e. The molecule has 1 N–H and O–H groups in total. The van der Waals surface area contributed by atoms with Crippen LogP contribution in [0.3, 0.4) is 0 Å². The van der Waals surface area contributed by atoms with E-state index in [4.69, 9.17) is 0 Å². The Hall–Kier alpha value is -1.51. The van der Waals surface area contributed by atoms with Crippen molar-refractivity contribution in [3.8, 4) is 0 Å². The Morgan fingerprint density at radius 3 is 2.70 bits per heavy atom. The SMILES string of the molecule is O=C(C1CNc2ccccc2C1)N1CC2CCCC2C1. The summed E-state index contributed by atoms with van der Waals surface area (Å²) in [5.74, 6) is 2.09. The largest absolute Gasteiger partial charge is 0.384 e. The maximum atomic E-state index is 12.7. The summed E-state index contributed by atoms with van der Waals surface area (Å²) in [6.45, 7) is 2.82. The highest BCUT2D eigenvalue weighted by Crippen LogP contribution is 2.38. The van der Waals surface area contributed by atoms with Crippen molar-refractivity contribution in [1.82, 2.24) is 4.90 Å². The molecule has 106 valence electrons. The summed E-state index contributed by atoms with van der Waals surface area (Å²) in [7, 11) is 0. The van der Waals surface area contributed by atoms with Gasteiger partial charge in [-0.25, -0.2) is 0 Å². The summed E-state index contributed by atoms with van der Waals surface area (Å²) in [6, 6.07) is 8.36. The van der Waals surface area contributed by atoms with E-state index in [1.54, 1.807) is 0 Å². The molecule has 0 aromatic heterocycles. The molecule has 0 radical (unpaired) electrons. The van der Waals surface area contributed by atoms with E-state index in [9.17, 15) is 4.79 Å². The molecule has 1 saturated heterocycles. The fourth-order valence-electron chi connectivity index (χ4n) is 4.29. The number of anilines is 1. The molecule has 2 fully saturated rings. The predicted molar refractivity (Wildman–Crippen MR) is 79.5 cm³/mol. The summed E-state index contributed by atoms with van der Waals surface area (Å²) in [5.41, 5.74) is 2.49. The molecule has 3 unspecified atom stereocenters. The molecule has 3 nitrogen and oxygen atoms in total. The highest BCUT2D eigenvalue weighted by molar-refractivity contribution is 5.81. The van der Waals surface area contributed by atoms with Gasteiger partial charge in [-0.3, -0.25) is 4.79 Å². The van der Waals surface area contributed by atoms with Gasteiger partial charge in [-0.05, 0) is 42.7 Å².